The quantitative estimate of drug-likeness (QED) is 0.766. The zero-order chi connectivity index (χ0) is 11.7. The molecule has 6 heteroatoms. The van der Waals surface area contributed by atoms with E-state index in [1.165, 1.54) is 11.5 Å². The van der Waals surface area contributed by atoms with Gasteiger partial charge in [-0.05, 0) is 13.3 Å². The van der Waals surface area contributed by atoms with E-state index in [2.05, 4.69) is 14.3 Å². The van der Waals surface area contributed by atoms with Crippen LogP contribution in [0.5, 0.6) is 0 Å². The second-order valence-corrected chi connectivity index (χ2v) is 5.02. The maximum Gasteiger partial charge on any atom is 0.227 e. The molecule has 0 aromatic carbocycles. The lowest BCUT2D eigenvalue weighted by Gasteiger charge is -2.17. The summed E-state index contributed by atoms with van der Waals surface area (Å²) in [6.07, 6.45) is 0.912. The first-order valence-corrected chi connectivity index (χ1v) is 6.11. The fourth-order valence-corrected chi connectivity index (χ4v) is 2.62. The van der Waals surface area contributed by atoms with Gasteiger partial charge in [0, 0.05) is 38.7 Å². The van der Waals surface area contributed by atoms with E-state index in [0.29, 0.717) is 0 Å². The Labute approximate surface area is 99.2 Å². The lowest BCUT2D eigenvalue weighted by molar-refractivity contribution is -0.132. The van der Waals surface area contributed by atoms with Crippen molar-refractivity contribution in [3.63, 3.8) is 0 Å². The Hall–Kier alpha value is -1.17. The van der Waals surface area contributed by atoms with Crippen molar-refractivity contribution in [3.05, 3.63) is 5.82 Å². The molecule has 1 amide bonds. The number of amides is 1. The summed E-state index contributed by atoms with van der Waals surface area (Å²) in [6.45, 7) is 3.56. The zero-order valence-electron chi connectivity index (χ0n) is 9.80. The Balaban J connectivity index is 2.01. The first kappa shape index (κ1) is 11.3. The number of hydrogen-bond donors (Lipinski definition) is 0. The number of nitrogens with zero attached hydrogens (tertiary/aromatic N) is 4. The summed E-state index contributed by atoms with van der Waals surface area (Å²) in [6, 6.07) is 0. The van der Waals surface area contributed by atoms with Crippen LogP contribution in [0.2, 0.25) is 0 Å². The molecule has 1 unspecified atom stereocenters. The van der Waals surface area contributed by atoms with Crippen LogP contribution in [-0.4, -0.2) is 47.3 Å². The van der Waals surface area contributed by atoms with Crippen LogP contribution in [-0.2, 0) is 4.79 Å². The summed E-state index contributed by atoms with van der Waals surface area (Å²) in [5, 5.41) is 0.937. The minimum absolute atomic E-state index is 0.110. The molecule has 88 valence electrons. The third-order valence-electron chi connectivity index (χ3n) is 2.77. The highest BCUT2D eigenvalue weighted by atomic mass is 32.1. The van der Waals surface area contributed by atoms with E-state index in [-0.39, 0.29) is 11.8 Å². The van der Waals surface area contributed by atoms with Crippen LogP contribution in [0.15, 0.2) is 0 Å². The number of carbonyl (C=O) groups is 1. The highest BCUT2D eigenvalue weighted by Crippen LogP contribution is 2.25. The maximum absolute atomic E-state index is 11.8. The van der Waals surface area contributed by atoms with Gasteiger partial charge in [-0.15, -0.1) is 0 Å². The molecule has 2 heterocycles. The van der Waals surface area contributed by atoms with Gasteiger partial charge < -0.3 is 9.80 Å². The monoisotopic (exact) mass is 240 g/mol. The Kier molecular flexibility index (Phi) is 3.09. The third kappa shape index (κ3) is 2.16. The summed E-state index contributed by atoms with van der Waals surface area (Å²) in [5.41, 5.74) is 0. The van der Waals surface area contributed by atoms with Gasteiger partial charge >= 0.3 is 0 Å². The Bertz CT molecular complexity index is 390. The number of anilines is 1. The predicted octanol–water partition coefficient (Wildman–Crippen LogP) is 0.761. The predicted molar refractivity (Wildman–Crippen MR) is 63.7 cm³/mol. The van der Waals surface area contributed by atoms with E-state index < -0.39 is 0 Å². The van der Waals surface area contributed by atoms with Gasteiger partial charge in [0.15, 0.2) is 0 Å². The Morgan fingerprint density at radius 3 is 2.88 bits per heavy atom. The molecular weight excluding hydrogens is 224 g/mol. The molecule has 0 saturated carbocycles. The molecule has 0 bridgehead atoms. The van der Waals surface area contributed by atoms with E-state index in [9.17, 15) is 4.79 Å². The van der Waals surface area contributed by atoms with Gasteiger partial charge in [0.1, 0.15) is 5.82 Å². The molecule has 1 aromatic heterocycles. The Morgan fingerprint density at radius 1 is 1.56 bits per heavy atom. The smallest absolute Gasteiger partial charge is 0.227 e. The fraction of sp³-hybridized carbons (Fsp3) is 0.700. The van der Waals surface area contributed by atoms with Gasteiger partial charge in [-0.3, -0.25) is 4.79 Å². The molecule has 5 nitrogen and oxygen atoms in total. The van der Waals surface area contributed by atoms with Gasteiger partial charge in [-0.2, -0.15) is 4.37 Å². The van der Waals surface area contributed by atoms with Gasteiger partial charge in [0.25, 0.3) is 0 Å². The van der Waals surface area contributed by atoms with Crippen LogP contribution < -0.4 is 4.90 Å². The first-order chi connectivity index (χ1) is 7.58. The molecule has 0 spiro atoms. The molecule has 1 aliphatic heterocycles. The molecule has 0 aliphatic carbocycles. The zero-order valence-corrected chi connectivity index (χ0v) is 10.6. The van der Waals surface area contributed by atoms with Crippen LogP contribution in [0.3, 0.4) is 0 Å². The van der Waals surface area contributed by atoms with Crippen LogP contribution in [0.4, 0.5) is 5.13 Å². The van der Waals surface area contributed by atoms with Crippen molar-refractivity contribution >= 4 is 22.6 Å². The highest BCUT2D eigenvalue weighted by Gasteiger charge is 2.30. The average molecular weight is 240 g/mol. The number of carbonyl (C=O) groups excluding carboxylic acids is 1. The second kappa shape index (κ2) is 4.37. The van der Waals surface area contributed by atoms with Crippen LogP contribution in [0.25, 0.3) is 0 Å². The largest absolute Gasteiger partial charge is 0.349 e. The highest BCUT2D eigenvalue weighted by molar-refractivity contribution is 7.09. The summed E-state index contributed by atoms with van der Waals surface area (Å²) in [4.78, 5) is 19.9. The molecule has 0 radical (unpaired) electrons. The minimum Gasteiger partial charge on any atom is -0.349 e. The third-order valence-corrected chi connectivity index (χ3v) is 3.63. The SMILES string of the molecule is Cc1nsc(N2CCC(C(=O)N(C)C)C2)n1. The Morgan fingerprint density at radius 2 is 2.31 bits per heavy atom. The van der Waals surface area contributed by atoms with Gasteiger partial charge in [-0.1, -0.05) is 0 Å². The van der Waals surface area contributed by atoms with Crippen LogP contribution in [0, 0.1) is 12.8 Å². The molecule has 16 heavy (non-hydrogen) atoms. The van der Waals surface area contributed by atoms with E-state index in [4.69, 9.17) is 0 Å². The van der Waals surface area contributed by atoms with Crippen LogP contribution in [0.1, 0.15) is 12.2 Å². The average Bonchev–Trinajstić information content (AvgIpc) is 2.84. The number of hydrogen-bond acceptors (Lipinski definition) is 5. The van der Waals surface area contributed by atoms with Gasteiger partial charge in [0.05, 0.1) is 5.92 Å². The van der Waals surface area contributed by atoms with Crippen molar-refractivity contribution in [2.45, 2.75) is 13.3 Å². The van der Waals surface area contributed by atoms with Crippen molar-refractivity contribution in [2.24, 2.45) is 5.92 Å². The molecule has 1 aliphatic rings. The molecule has 1 aromatic rings. The molecule has 0 N–H and O–H groups in total. The number of aryl methyl sites for hydroxylation is 1. The van der Waals surface area contributed by atoms with E-state index in [0.717, 1.165) is 30.5 Å². The first-order valence-electron chi connectivity index (χ1n) is 5.34. The molecular formula is C10H16N4OS. The van der Waals surface area contributed by atoms with Crippen molar-refractivity contribution < 1.29 is 4.79 Å². The topological polar surface area (TPSA) is 49.3 Å². The summed E-state index contributed by atoms with van der Waals surface area (Å²) in [5.74, 6) is 1.13. The number of aromatic nitrogens is 2. The lowest BCUT2D eigenvalue weighted by atomic mass is 10.1. The summed E-state index contributed by atoms with van der Waals surface area (Å²) >= 11 is 1.41. The lowest BCUT2D eigenvalue weighted by Crippen LogP contribution is -2.31. The van der Waals surface area contributed by atoms with Gasteiger partial charge in [-0.25, -0.2) is 4.98 Å². The summed E-state index contributed by atoms with van der Waals surface area (Å²) in [7, 11) is 3.61. The standard InChI is InChI=1S/C10H16N4OS/c1-7-11-10(16-12-7)14-5-4-8(6-14)9(15)13(2)3/h8H,4-6H2,1-3H3. The van der Waals surface area contributed by atoms with E-state index in [1.807, 2.05) is 6.92 Å². The maximum atomic E-state index is 11.8. The van der Waals surface area contributed by atoms with Crippen LogP contribution >= 0.6 is 11.5 Å². The normalized spacial score (nSPS) is 20.2. The van der Waals surface area contributed by atoms with Gasteiger partial charge in [0.2, 0.25) is 11.0 Å². The van der Waals surface area contributed by atoms with E-state index >= 15 is 0 Å². The second-order valence-electron chi connectivity index (χ2n) is 4.29. The molecule has 1 fully saturated rings. The number of rotatable bonds is 2. The van der Waals surface area contributed by atoms with Crippen molar-refractivity contribution in [2.75, 3.05) is 32.1 Å². The summed E-state index contributed by atoms with van der Waals surface area (Å²) < 4.78 is 4.16. The van der Waals surface area contributed by atoms with Crippen molar-refractivity contribution in [1.29, 1.82) is 0 Å². The molecule has 2 rings (SSSR count). The fourth-order valence-electron chi connectivity index (χ4n) is 1.92. The molecule has 1 atom stereocenters. The minimum atomic E-state index is 0.110. The van der Waals surface area contributed by atoms with Crippen molar-refractivity contribution in [3.8, 4) is 0 Å². The molecule has 1 saturated heterocycles. The van der Waals surface area contributed by atoms with E-state index in [1.54, 1.807) is 19.0 Å². The van der Waals surface area contributed by atoms with Crippen molar-refractivity contribution in [1.82, 2.24) is 14.3 Å².